The third-order valence-electron chi connectivity index (χ3n) is 4.56. The Morgan fingerprint density at radius 3 is 2.72 bits per heavy atom. The minimum absolute atomic E-state index is 0.153. The van der Waals surface area contributed by atoms with Gasteiger partial charge in [0.2, 0.25) is 0 Å². The first-order chi connectivity index (χ1) is 13.9. The molecular formula is C21H17FN4O2S. The van der Waals surface area contributed by atoms with Crippen LogP contribution in [-0.2, 0) is 13.5 Å². The minimum Gasteiger partial charge on any atom is -0.296 e. The van der Waals surface area contributed by atoms with E-state index in [1.807, 2.05) is 6.07 Å². The number of thiazole rings is 1. The second kappa shape index (κ2) is 7.56. The smallest absolute Gasteiger partial charge is 0.278 e. The fourth-order valence-corrected chi connectivity index (χ4v) is 3.86. The maximum atomic E-state index is 13.7. The third kappa shape index (κ3) is 3.79. The van der Waals surface area contributed by atoms with Gasteiger partial charge in [-0.25, -0.2) is 14.1 Å². The first kappa shape index (κ1) is 18.9. The molecule has 0 aliphatic rings. The molecule has 1 amide bonds. The van der Waals surface area contributed by atoms with Crippen molar-refractivity contribution in [3.63, 3.8) is 0 Å². The van der Waals surface area contributed by atoms with Crippen LogP contribution in [-0.4, -0.2) is 20.7 Å². The molecule has 29 heavy (non-hydrogen) atoms. The summed E-state index contributed by atoms with van der Waals surface area (Å²) in [5.41, 5.74) is 1.32. The molecule has 6 nitrogen and oxygen atoms in total. The van der Waals surface area contributed by atoms with E-state index in [1.54, 1.807) is 43.5 Å². The van der Waals surface area contributed by atoms with E-state index in [4.69, 9.17) is 0 Å². The van der Waals surface area contributed by atoms with Crippen molar-refractivity contribution in [1.82, 2.24) is 14.8 Å². The van der Waals surface area contributed by atoms with Crippen molar-refractivity contribution < 1.29 is 9.18 Å². The Bertz CT molecular complexity index is 1300. The lowest BCUT2D eigenvalue weighted by Crippen LogP contribution is -2.25. The van der Waals surface area contributed by atoms with Crippen molar-refractivity contribution in [2.75, 3.05) is 5.32 Å². The summed E-state index contributed by atoms with van der Waals surface area (Å²) in [5, 5.41) is 8.18. The van der Waals surface area contributed by atoms with Gasteiger partial charge in [-0.15, -0.1) is 11.3 Å². The summed E-state index contributed by atoms with van der Waals surface area (Å²) >= 11 is 1.31. The Morgan fingerprint density at radius 1 is 1.21 bits per heavy atom. The van der Waals surface area contributed by atoms with Gasteiger partial charge in [-0.2, -0.15) is 5.10 Å². The zero-order valence-corrected chi connectivity index (χ0v) is 16.6. The molecule has 0 spiro atoms. The van der Waals surface area contributed by atoms with Gasteiger partial charge in [0.15, 0.2) is 10.8 Å². The molecule has 146 valence electrons. The lowest BCUT2D eigenvalue weighted by atomic mass is 10.1. The van der Waals surface area contributed by atoms with Crippen LogP contribution < -0.4 is 10.9 Å². The van der Waals surface area contributed by atoms with Crippen LogP contribution in [0.5, 0.6) is 0 Å². The zero-order valence-electron chi connectivity index (χ0n) is 15.8. The molecule has 0 radical (unpaired) electrons. The number of fused-ring (bicyclic) bond motifs is 1. The van der Waals surface area contributed by atoms with E-state index in [9.17, 15) is 14.0 Å². The van der Waals surface area contributed by atoms with Crippen molar-refractivity contribution in [3.8, 4) is 0 Å². The lowest BCUT2D eigenvalue weighted by molar-refractivity contribution is 0.102. The highest BCUT2D eigenvalue weighted by molar-refractivity contribution is 7.15. The number of hydrogen-bond acceptors (Lipinski definition) is 5. The topological polar surface area (TPSA) is 76.9 Å². The lowest BCUT2D eigenvalue weighted by Gasteiger charge is -2.07. The maximum absolute atomic E-state index is 13.7. The maximum Gasteiger partial charge on any atom is 0.278 e. The van der Waals surface area contributed by atoms with Crippen molar-refractivity contribution in [3.05, 3.63) is 86.5 Å². The standard InChI is InChI=1S/C21H17FN4O2S/c1-12-7-8-13(10-17(12)22)9-14-11-23-21(29-14)24-19(27)18-15-5-3-4-6-16(15)20(28)26(2)25-18/h3-8,10-11H,9H2,1-2H3,(H,23,24,27). The van der Waals surface area contributed by atoms with Crippen molar-refractivity contribution in [2.24, 2.45) is 7.05 Å². The Kier molecular flexibility index (Phi) is 4.94. The van der Waals surface area contributed by atoms with E-state index < -0.39 is 5.91 Å². The van der Waals surface area contributed by atoms with Crippen molar-refractivity contribution in [2.45, 2.75) is 13.3 Å². The Morgan fingerprint density at radius 2 is 1.97 bits per heavy atom. The molecule has 4 rings (SSSR count). The molecule has 8 heteroatoms. The number of nitrogens with zero attached hydrogens (tertiary/aromatic N) is 3. The van der Waals surface area contributed by atoms with E-state index in [0.29, 0.717) is 27.9 Å². The van der Waals surface area contributed by atoms with Crippen molar-refractivity contribution in [1.29, 1.82) is 0 Å². The molecule has 0 saturated carbocycles. The van der Waals surface area contributed by atoms with E-state index in [2.05, 4.69) is 15.4 Å². The second-order valence-corrected chi connectivity index (χ2v) is 7.78. The van der Waals surface area contributed by atoms with Gasteiger partial charge in [-0.3, -0.25) is 14.9 Å². The molecule has 4 aromatic rings. The monoisotopic (exact) mass is 408 g/mol. The van der Waals surface area contributed by atoms with Crippen LogP contribution in [0.1, 0.15) is 26.5 Å². The summed E-state index contributed by atoms with van der Waals surface area (Å²) in [4.78, 5) is 30.1. The van der Waals surface area contributed by atoms with Crippen LogP contribution in [0, 0.1) is 12.7 Å². The Balaban J connectivity index is 1.57. The van der Waals surface area contributed by atoms with Crippen LogP contribution >= 0.6 is 11.3 Å². The molecular weight excluding hydrogens is 391 g/mol. The quantitative estimate of drug-likeness (QED) is 0.559. The average Bonchev–Trinajstić information content (AvgIpc) is 3.14. The number of benzene rings is 2. The number of carbonyl (C=O) groups is 1. The Hall–Kier alpha value is -3.39. The van der Waals surface area contributed by atoms with Gasteiger partial charge in [0, 0.05) is 29.9 Å². The van der Waals surface area contributed by atoms with Gasteiger partial charge >= 0.3 is 0 Å². The van der Waals surface area contributed by atoms with Crippen molar-refractivity contribution >= 4 is 33.1 Å². The zero-order chi connectivity index (χ0) is 20.5. The molecule has 0 aliphatic heterocycles. The summed E-state index contributed by atoms with van der Waals surface area (Å²) in [6.45, 7) is 1.72. The molecule has 0 atom stereocenters. The second-order valence-electron chi connectivity index (χ2n) is 6.67. The van der Waals surface area contributed by atoms with Gasteiger partial charge < -0.3 is 0 Å². The summed E-state index contributed by atoms with van der Waals surface area (Å²) in [6.07, 6.45) is 2.18. The first-order valence-corrected chi connectivity index (χ1v) is 9.71. The molecule has 0 aliphatic carbocycles. The van der Waals surface area contributed by atoms with Crippen LogP contribution in [0.25, 0.3) is 10.8 Å². The highest BCUT2D eigenvalue weighted by Gasteiger charge is 2.17. The number of aryl methyl sites for hydroxylation is 2. The number of carbonyl (C=O) groups excluding carboxylic acids is 1. The molecule has 2 aromatic carbocycles. The summed E-state index contributed by atoms with van der Waals surface area (Å²) in [6, 6.07) is 12.0. The van der Waals surface area contributed by atoms with Gasteiger partial charge in [-0.1, -0.05) is 30.3 Å². The molecule has 0 bridgehead atoms. The van der Waals surface area contributed by atoms with Crippen LogP contribution in [0.3, 0.4) is 0 Å². The molecule has 2 aromatic heterocycles. The van der Waals surface area contributed by atoms with Gasteiger partial charge in [-0.05, 0) is 30.2 Å². The number of hydrogen-bond donors (Lipinski definition) is 1. The number of halogens is 1. The summed E-state index contributed by atoms with van der Waals surface area (Å²) in [5.74, 6) is -0.688. The summed E-state index contributed by atoms with van der Waals surface area (Å²) in [7, 11) is 1.51. The normalized spacial score (nSPS) is 11.0. The predicted octanol–water partition coefficient (Wildman–Crippen LogP) is 3.68. The average molecular weight is 408 g/mol. The SMILES string of the molecule is Cc1ccc(Cc2cnc(NC(=O)c3nn(C)c(=O)c4ccccc34)s2)cc1F. The molecule has 0 unspecified atom stereocenters. The number of aromatic nitrogens is 3. The van der Waals surface area contributed by atoms with E-state index in [-0.39, 0.29) is 17.1 Å². The number of anilines is 1. The number of amides is 1. The molecule has 0 saturated heterocycles. The Labute approximate surface area is 169 Å². The fourth-order valence-electron chi connectivity index (χ4n) is 3.02. The largest absolute Gasteiger partial charge is 0.296 e. The fraction of sp³-hybridized carbons (Fsp3) is 0.143. The molecule has 1 N–H and O–H groups in total. The highest BCUT2D eigenvalue weighted by Crippen LogP contribution is 2.23. The highest BCUT2D eigenvalue weighted by atomic mass is 32.1. The van der Waals surface area contributed by atoms with E-state index in [1.165, 1.54) is 24.5 Å². The third-order valence-corrected chi connectivity index (χ3v) is 5.47. The minimum atomic E-state index is -0.445. The van der Waals surface area contributed by atoms with E-state index >= 15 is 0 Å². The number of rotatable bonds is 4. The van der Waals surface area contributed by atoms with E-state index in [0.717, 1.165) is 15.1 Å². The van der Waals surface area contributed by atoms with Crippen LogP contribution in [0.15, 0.2) is 53.5 Å². The summed E-state index contributed by atoms with van der Waals surface area (Å²) < 4.78 is 14.9. The van der Waals surface area contributed by atoms with Gasteiger partial charge in [0.05, 0.1) is 5.39 Å². The first-order valence-electron chi connectivity index (χ1n) is 8.89. The molecule has 0 fully saturated rings. The van der Waals surface area contributed by atoms with Gasteiger partial charge in [0.25, 0.3) is 11.5 Å². The molecule has 2 heterocycles. The van der Waals surface area contributed by atoms with Crippen LogP contribution in [0.2, 0.25) is 0 Å². The number of nitrogens with one attached hydrogen (secondary N) is 1. The van der Waals surface area contributed by atoms with Crippen LogP contribution in [0.4, 0.5) is 9.52 Å². The van der Waals surface area contributed by atoms with Gasteiger partial charge in [0.1, 0.15) is 5.82 Å². The predicted molar refractivity (Wildman–Crippen MR) is 111 cm³/mol.